The molecule has 1 atom stereocenters. The minimum atomic E-state index is 0. The third kappa shape index (κ3) is 3.13. The number of halogens is 1. The van der Waals surface area contributed by atoms with Crippen LogP contribution in [0.25, 0.3) is 10.9 Å². The van der Waals surface area contributed by atoms with Gasteiger partial charge in [-0.05, 0) is 36.8 Å². The number of piperidine rings is 1. The fourth-order valence-electron chi connectivity index (χ4n) is 4.31. The van der Waals surface area contributed by atoms with Crippen LogP contribution in [-0.2, 0) is 13.0 Å². The maximum absolute atomic E-state index is 13.3. The van der Waals surface area contributed by atoms with E-state index in [0.717, 1.165) is 67.8 Å². The Morgan fingerprint density at radius 1 is 1.22 bits per heavy atom. The van der Waals surface area contributed by atoms with Gasteiger partial charge < -0.3 is 15.2 Å². The normalized spacial score (nSPS) is 19.6. The minimum Gasteiger partial charge on any atom is -0.357 e. The predicted octanol–water partition coefficient (Wildman–Crippen LogP) is 3.33. The molecule has 0 aliphatic carbocycles. The zero-order valence-electron chi connectivity index (χ0n) is 15.1. The van der Waals surface area contributed by atoms with E-state index in [2.05, 4.69) is 38.7 Å². The van der Waals surface area contributed by atoms with Crippen LogP contribution in [0.4, 0.5) is 0 Å². The van der Waals surface area contributed by atoms with Gasteiger partial charge >= 0.3 is 0 Å². The summed E-state index contributed by atoms with van der Waals surface area (Å²) in [5.74, 6) is 0.0505. The maximum Gasteiger partial charge on any atom is 0.275 e. The Bertz CT molecular complexity index is 929. The fraction of sp³-hybridized carbons (Fsp3) is 0.400. The van der Waals surface area contributed by atoms with Gasteiger partial charge in [-0.2, -0.15) is 5.10 Å². The number of hydrogen-bond donors (Lipinski definition) is 3. The molecule has 3 N–H and O–H groups in total. The van der Waals surface area contributed by atoms with E-state index in [1.165, 1.54) is 5.39 Å². The summed E-state index contributed by atoms with van der Waals surface area (Å²) in [6.07, 6.45) is 4.09. The number of fused-ring (bicyclic) bond motifs is 2. The summed E-state index contributed by atoms with van der Waals surface area (Å²) in [6, 6.07) is 10.6. The Hall–Kier alpha value is -2.31. The van der Waals surface area contributed by atoms with Gasteiger partial charge in [-0.15, -0.1) is 12.4 Å². The van der Waals surface area contributed by atoms with Crippen molar-refractivity contribution in [3.05, 3.63) is 53.0 Å². The van der Waals surface area contributed by atoms with Gasteiger partial charge in [-0.25, -0.2) is 0 Å². The molecule has 1 aromatic carbocycles. The Morgan fingerprint density at radius 3 is 3.00 bits per heavy atom. The second kappa shape index (κ2) is 7.37. The van der Waals surface area contributed by atoms with E-state index < -0.39 is 0 Å². The minimum absolute atomic E-state index is 0. The number of benzene rings is 1. The maximum atomic E-state index is 13.3. The van der Waals surface area contributed by atoms with Crippen molar-refractivity contribution in [3.63, 3.8) is 0 Å². The molecule has 2 aliphatic heterocycles. The van der Waals surface area contributed by atoms with Crippen LogP contribution >= 0.6 is 12.4 Å². The number of rotatable bonds is 2. The smallest absolute Gasteiger partial charge is 0.275 e. The van der Waals surface area contributed by atoms with Gasteiger partial charge in [0.15, 0.2) is 5.69 Å². The molecule has 0 radical (unpaired) electrons. The van der Waals surface area contributed by atoms with Crippen LogP contribution in [0.1, 0.15) is 52.7 Å². The van der Waals surface area contributed by atoms with Gasteiger partial charge in [0.2, 0.25) is 0 Å². The Labute approximate surface area is 164 Å². The zero-order valence-corrected chi connectivity index (χ0v) is 15.9. The van der Waals surface area contributed by atoms with Crippen molar-refractivity contribution in [2.75, 3.05) is 13.1 Å². The van der Waals surface area contributed by atoms with Crippen LogP contribution in [-0.4, -0.2) is 39.1 Å². The highest BCUT2D eigenvalue weighted by Gasteiger charge is 2.33. The molecular formula is C20H24ClN5O. The molecule has 4 heterocycles. The van der Waals surface area contributed by atoms with Crippen molar-refractivity contribution in [1.82, 2.24) is 25.4 Å². The molecule has 5 rings (SSSR count). The van der Waals surface area contributed by atoms with Crippen LogP contribution in [0.2, 0.25) is 0 Å². The number of carbonyl (C=O) groups is 1. The lowest BCUT2D eigenvalue weighted by atomic mass is 9.98. The van der Waals surface area contributed by atoms with Gasteiger partial charge in [0.05, 0.1) is 6.04 Å². The molecule has 1 amide bonds. The van der Waals surface area contributed by atoms with Gasteiger partial charge in [0.25, 0.3) is 5.91 Å². The molecule has 27 heavy (non-hydrogen) atoms. The highest BCUT2D eigenvalue weighted by Crippen LogP contribution is 2.33. The number of amides is 1. The van der Waals surface area contributed by atoms with Crippen LogP contribution in [0.15, 0.2) is 30.3 Å². The number of likely N-dealkylation sites (tertiary alicyclic amines) is 1. The summed E-state index contributed by atoms with van der Waals surface area (Å²) in [6.45, 7) is 2.44. The molecule has 1 fully saturated rings. The molecule has 142 valence electrons. The molecule has 3 aromatic rings. The predicted molar refractivity (Wildman–Crippen MR) is 107 cm³/mol. The van der Waals surface area contributed by atoms with E-state index in [9.17, 15) is 4.79 Å². The Balaban J connectivity index is 0.00000180. The molecule has 0 spiro atoms. The van der Waals surface area contributed by atoms with Gasteiger partial charge in [-0.3, -0.25) is 9.89 Å². The summed E-state index contributed by atoms with van der Waals surface area (Å²) < 4.78 is 0. The van der Waals surface area contributed by atoms with Gasteiger partial charge in [-0.1, -0.05) is 18.2 Å². The standard InChI is InChI=1S/C20H23N5O.ClH/c26-20(19-14-12-21-9-8-16(14)23-24-19)25-10-4-3-7-18(25)17-11-13-5-1-2-6-15(13)22-17;/h1-2,5-6,11,18,21-22H,3-4,7-10,12H2,(H,23,24);1H. The summed E-state index contributed by atoms with van der Waals surface area (Å²) >= 11 is 0. The van der Waals surface area contributed by atoms with Crippen LogP contribution < -0.4 is 5.32 Å². The molecule has 0 bridgehead atoms. The van der Waals surface area contributed by atoms with Crippen molar-refractivity contribution >= 4 is 29.2 Å². The van der Waals surface area contributed by atoms with Crippen molar-refractivity contribution < 1.29 is 4.79 Å². The Morgan fingerprint density at radius 2 is 2.11 bits per heavy atom. The molecule has 7 heteroatoms. The number of nitrogens with zero attached hydrogens (tertiary/aromatic N) is 2. The molecule has 1 unspecified atom stereocenters. The number of carbonyl (C=O) groups excluding carboxylic acids is 1. The number of nitrogens with one attached hydrogen (secondary N) is 3. The third-order valence-electron chi connectivity index (χ3n) is 5.68. The monoisotopic (exact) mass is 385 g/mol. The van der Waals surface area contributed by atoms with Crippen molar-refractivity contribution in [1.29, 1.82) is 0 Å². The first-order chi connectivity index (χ1) is 12.8. The van der Waals surface area contributed by atoms with Gasteiger partial charge in [0.1, 0.15) is 0 Å². The molecule has 6 nitrogen and oxygen atoms in total. The largest absolute Gasteiger partial charge is 0.357 e. The van der Waals surface area contributed by atoms with E-state index in [-0.39, 0.29) is 24.4 Å². The highest BCUT2D eigenvalue weighted by molar-refractivity contribution is 5.94. The average molecular weight is 386 g/mol. The molecule has 2 aliphatic rings. The zero-order chi connectivity index (χ0) is 17.5. The van der Waals surface area contributed by atoms with E-state index in [4.69, 9.17) is 0 Å². The number of hydrogen-bond acceptors (Lipinski definition) is 3. The number of H-pyrrole nitrogens is 2. The molecular weight excluding hydrogens is 362 g/mol. The molecule has 1 saturated heterocycles. The first-order valence-electron chi connectivity index (χ1n) is 9.47. The SMILES string of the molecule is Cl.O=C(c1n[nH]c2c1CNCC2)N1CCCCC1c1cc2ccccc2[nH]1. The number of para-hydroxylation sites is 1. The van der Waals surface area contributed by atoms with Crippen LogP contribution in [0.3, 0.4) is 0 Å². The second-order valence-corrected chi connectivity index (χ2v) is 7.28. The van der Waals surface area contributed by atoms with E-state index in [1.807, 2.05) is 17.0 Å². The highest BCUT2D eigenvalue weighted by atomic mass is 35.5. The molecule has 2 aromatic heterocycles. The van der Waals surface area contributed by atoms with E-state index in [0.29, 0.717) is 5.69 Å². The first kappa shape index (κ1) is 18.1. The Kier molecular flexibility index (Phi) is 4.93. The summed E-state index contributed by atoms with van der Waals surface area (Å²) in [5.41, 5.74) is 4.99. The lowest BCUT2D eigenvalue weighted by Gasteiger charge is -2.35. The average Bonchev–Trinajstić information content (AvgIpc) is 3.31. The van der Waals surface area contributed by atoms with Gasteiger partial charge in [0, 0.05) is 48.5 Å². The first-order valence-corrected chi connectivity index (χ1v) is 9.47. The lowest BCUT2D eigenvalue weighted by molar-refractivity contribution is 0.0599. The van der Waals surface area contributed by atoms with E-state index in [1.54, 1.807) is 0 Å². The van der Waals surface area contributed by atoms with Crippen LogP contribution in [0, 0.1) is 0 Å². The van der Waals surface area contributed by atoms with Crippen molar-refractivity contribution in [3.8, 4) is 0 Å². The third-order valence-corrected chi connectivity index (χ3v) is 5.68. The quantitative estimate of drug-likeness (QED) is 0.633. The number of aromatic amines is 2. The van der Waals surface area contributed by atoms with Crippen LogP contribution in [0.5, 0.6) is 0 Å². The lowest BCUT2D eigenvalue weighted by Crippen LogP contribution is -2.39. The molecule has 0 saturated carbocycles. The van der Waals surface area contributed by atoms with Crippen molar-refractivity contribution in [2.45, 2.75) is 38.3 Å². The summed E-state index contributed by atoms with van der Waals surface area (Å²) in [4.78, 5) is 18.9. The topological polar surface area (TPSA) is 76.8 Å². The number of aromatic nitrogens is 3. The van der Waals surface area contributed by atoms with Crippen molar-refractivity contribution in [2.24, 2.45) is 0 Å². The second-order valence-electron chi connectivity index (χ2n) is 7.28. The van der Waals surface area contributed by atoms with E-state index >= 15 is 0 Å². The fourth-order valence-corrected chi connectivity index (χ4v) is 4.31. The summed E-state index contributed by atoms with van der Waals surface area (Å²) in [5, 5.41) is 12.0. The summed E-state index contributed by atoms with van der Waals surface area (Å²) in [7, 11) is 0.